The minimum absolute atomic E-state index is 0.0907. The number of aliphatic hydroxyl groups excluding tert-OH is 2. The summed E-state index contributed by atoms with van der Waals surface area (Å²) in [5.41, 5.74) is -0.472. The average Bonchev–Trinajstić information content (AvgIpc) is 2.99. The van der Waals surface area contributed by atoms with Crippen LogP contribution < -0.4 is 5.46 Å². The lowest BCUT2D eigenvalue weighted by atomic mass is 9.81. The number of aliphatic hydroxyl groups is 2. The molecule has 2 aliphatic heterocycles. The molecule has 0 bridgehead atoms. The van der Waals surface area contributed by atoms with Gasteiger partial charge in [-0.3, -0.25) is 4.79 Å². The van der Waals surface area contributed by atoms with Gasteiger partial charge in [0.2, 0.25) is 15.0 Å². The highest BCUT2D eigenvalue weighted by molar-refractivity contribution is 7.91. The first-order chi connectivity index (χ1) is 15.4. The van der Waals surface area contributed by atoms with Crippen LogP contribution in [0.2, 0.25) is 0 Å². The Bertz CT molecular complexity index is 924. The van der Waals surface area contributed by atoms with E-state index < -0.39 is 46.8 Å². The zero-order chi connectivity index (χ0) is 24.4. The first-order valence-electron chi connectivity index (χ1n) is 11.3. The molecular formula is C21H34BN3O7S. The molecule has 0 unspecified atom stereocenters. The molecule has 2 N–H and O–H groups in total. The number of hydrogen-bond donors (Lipinski definition) is 2. The Morgan fingerprint density at radius 2 is 1.85 bits per heavy atom. The van der Waals surface area contributed by atoms with Crippen molar-refractivity contribution in [2.75, 3.05) is 25.4 Å². The van der Waals surface area contributed by atoms with E-state index >= 15 is 0 Å². The Labute approximate surface area is 195 Å². The predicted octanol–water partition coefficient (Wildman–Crippen LogP) is -0.0785. The second-order valence-electron chi connectivity index (χ2n) is 9.84. The average molecular weight is 483 g/mol. The van der Waals surface area contributed by atoms with E-state index in [1.165, 1.54) is 12.4 Å². The monoisotopic (exact) mass is 483 g/mol. The topological polar surface area (TPSA) is 139 Å². The van der Waals surface area contributed by atoms with Gasteiger partial charge in [0.25, 0.3) is 5.91 Å². The van der Waals surface area contributed by atoms with Crippen LogP contribution in [0.5, 0.6) is 0 Å². The summed E-state index contributed by atoms with van der Waals surface area (Å²) in [5.74, 6) is -0.423. The number of hydrogen-bond acceptors (Lipinski definition) is 9. The van der Waals surface area contributed by atoms with Gasteiger partial charge in [-0.15, -0.1) is 0 Å². The molecule has 1 amide bonds. The Morgan fingerprint density at radius 3 is 2.42 bits per heavy atom. The summed E-state index contributed by atoms with van der Waals surface area (Å²) >= 11 is 0. The third-order valence-electron chi connectivity index (χ3n) is 6.77. The van der Waals surface area contributed by atoms with E-state index in [4.69, 9.17) is 14.4 Å². The van der Waals surface area contributed by atoms with Crippen LogP contribution in [-0.4, -0.2) is 89.3 Å². The van der Waals surface area contributed by atoms with Crippen LogP contribution in [0.15, 0.2) is 17.6 Å². The van der Waals surface area contributed by atoms with E-state index in [9.17, 15) is 18.3 Å². The summed E-state index contributed by atoms with van der Waals surface area (Å²) in [4.78, 5) is 21.7. The van der Waals surface area contributed by atoms with Crippen molar-refractivity contribution in [1.29, 1.82) is 0 Å². The highest BCUT2D eigenvalue weighted by Gasteiger charge is 2.52. The van der Waals surface area contributed by atoms with Crippen LogP contribution in [-0.2, 0) is 23.9 Å². The standard InChI is InChI=1S/C21H34BN3O7S/c1-20(2)21(3,4)32-22(31-20)16-11-23-19(24-12-16)33(29,30)10-6-8-15-7-5-9-25(13-15)18(28)17(27)14-26/h11-12,15,17,26-27H,5-10,13-14H2,1-4H3/t15-,17+/m1/s1. The summed E-state index contributed by atoms with van der Waals surface area (Å²) in [7, 11) is -4.31. The van der Waals surface area contributed by atoms with Crippen LogP contribution in [0.4, 0.5) is 0 Å². The molecule has 0 aliphatic carbocycles. The molecular weight excluding hydrogens is 449 g/mol. The molecule has 184 valence electrons. The minimum atomic E-state index is -3.65. The fourth-order valence-corrected chi connectivity index (χ4v) is 5.19. The van der Waals surface area contributed by atoms with Crippen LogP contribution in [0.3, 0.4) is 0 Å². The number of likely N-dealkylation sites (tertiary alicyclic amines) is 1. The Kier molecular flexibility index (Phi) is 7.84. The molecule has 0 spiro atoms. The molecule has 12 heteroatoms. The molecule has 33 heavy (non-hydrogen) atoms. The number of amides is 1. The van der Waals surface area contributed by atoms with Crippen molar-refractivity contribution < 1.29 is 32.7 Å². The van der Waals surface area contributed by atoms with Gasteiger partial charge in [0.05, 0.1) is 23.6 Å². The summed E-state index contributed by atoms with van der Waals surface area (Å²) in [6.07, 6.45) is 4.17. The maximum Gasteiger partial charge on any atom is 0.498 e. The zero-order valence-corrected chi connectivity index (χ0v) is 20.5. The molecule has 3 heterocycles. The van der Waals surface area contributed by atoms with E-state index in [2.05, 4.69) is 9.97 Å². The third-order valence-corrected chi connectivity index (χ3v) is 8.36. The van der Waals surface area contributed by atoms with Crippen molar-refractivity contribution in [3.63, 3.8) is 0 Å². The molecule has 0 saturated carbocycles. The molecule has 1 aromatic heterocycles. The summed E-state index contributed by atoms with van der Waals surface area (Å²) in [5, 5.41) is 18.3. The third kappa shape index (κ3) is 5.91. The zero-order valence-electron chi connectivity index (χ0n) is 19.7. The second-order valence-corrected chi connectivity index (χ2v) is 11.8. The molecule has 3 rings (SSSR count). The first-order valence-corrected chi connectivity index (χ1v) is 13.0. The lowest BCUT2D eigenvalue weighted by Crippen LogP contribution is -2.46. The van der Waals surface area contributed by atoms with Crippen LogP contribution in [0.25, 0.3) is 0 Å². The predicted molar refractivity (Wildman–Crippen MR) is 121 cm³/mol. The van der Waals surface area contributed by atoms with Gasteiger partial charge in [-0.2, -0.15) is 0 Å². The number of carbonyl (C=O) groups is 1. The SMILES string of the molecule is CC1(C)OB(c2cnc(S(=O)(=O)CCC[C@H]3CCCN(C(=O)[C@@H](O)CO)C3)nc2)OC1(C)C. The van der Waals surface area contributed by atoms with E-state index in [0.29, 0.717) is 31.4 Å². The normalized spacial score (nSPS) is 23.5. The molecule has 2 aliphatic rings. The molecule has 2 atom stereocenters. The maximum atomic E-state index is 12.7. The van der Waals surface area contributed by atoms with Gasteiger partial charge in [-0.25, -0.2) is 18.4 Å². The summed E-state index contributed by atoms with van der Waals surface area (Å²) < 4.78 is 37.3. The molecule has 10 nitrogen and oxygen atoms in total. The smallest absolute Gasteiger partial charge is 0.399 e. The Morgan fingerprint density at radius 1 is 1.24 bits per heavy atom. The lowest BCUT2D eigenvalue weighted by Gasteiger charge is -2.33. The van der Waals surface area contributed by atoms with Gasteiger partial charge in [0, 0.05) is 30.9 Å². The number of piperidine rings is 1. The van der Waals surface area contributed by atoms with Crippen molar-refractivity contribution in [3.05, 3.63) is 12.4 Å². The number of nitrogens with zero attached hydrogens (tertiary/aromatic N) is 3. The van der Waals surface area contributed by atoms with Crippen molar-refractivity contribution in [2.45, 2.75) is 75.8 Å². The highest BCUT2D eigenvalue weighted by Crippen LogP contribution is 2.36. The summed E-state index contributed by atoms with van der Waals surface area (Å²) in [6.45, 7) is 8.12. The summed E-state index contributed by atoms with van der Waals surface area (Å²) in [6, 6.07) is 0. The van der Waals surface area contributed by atoms with E-state index in [0.717, 1.165) is 12.8 Å². The second kappa shape index (κ2) is 9.95. The number of sulfone groups is 1. The van der Waals surface area contributed by atoms with Gasteiger partial charge in [0.15, 0.2) is 6.10 Å². The van der Waals surface area contributed by atoms with Crippen LogP contribution in [0.1, 0.15) is 53.4 Å². The van der Waals surface area contributed by atoms with Crippen molar-refractivity contribution >= 4 is 28.3 Å². The Hall–Kier alpha value is -1.60. The van der Waals surface area contributed by atoms with E-state index in [-0.39, 0.29) is 16.8 Å². The Balaban J connectivity index is 1.53. The first kappa shape index (κ1) is 26.0. The number of aromatic nitrogens is 2. The maximum absolute atomic E-state index is 12.7. The van der Waals surface area contributed by atoms with Crippen molar-refractivity contribution in [1.82, 2.24) is 14.9 Å². The van der Waals surface area contributed by atoms with Crippen LogP contribution >= 0.6 is 0 Å². The highest BCUT2D eigenvalue weighted by atomic mass is 32.2. The molecule has 2 fully saturated rings. The van der Waals surface area contributed by atoms with Gasteiger partial charge in [-0.05, 0) is 59.3 Å². The number of rotatable bonds is 8. The van der Waals surface area contributed by atoms with Crippen LogP contribution in [0, 0.1) is 5.92 Å². The fraction of sp³-hybridized carbons (Fsp3) is 0.762. The van der Waals surface area contributed by atoms with Crippen molar-refractivity contribution in [3.8, 4) is 0 Å². The van der Waals surface area contributed by atoms with Gasteiger partial charge in [-0.1, -0.05) is 0 Å². The number of carbonyl (C=O) groups excluding carboxylic acids is 1. The van der Waals surface area contributed by atoms with Gasteiger partial charge in [0.1, 0.15) is 0 Å². The molecule has 0 aromatic carbocycles. The molecule has 1 aromatic rings. The van der Waals surface area contributed by atoms with E-state index in [1.807, 2.05) is 27.7 Å². The van der Waals surface area contributed by atoms with Crippen molar-refractivity contribution in [2.24, 2.45) is 5.92 Å². The quantitative estimate of drug-likeness (QED) is 0.384. The van der Waals surface area contributed by atoms with Gasteiger partial charge < -0.3 is 24.4 Å². The molecule has 0 radical (unpaired) electrons. The largest absolute Gasteiger partial charge is 0.498 e. The molecule has 2 saturated heterocycles. The fourth-order valence-electron chi connectivity index (χ4n) is 4.03. The van der Waals surface area contributed by atoms with E-state index in [1.54, 1.807) is 4.90 Å². The van der Waals surface area contributed by atoms with Gasteiger partial charge >= 0.3 is 7.12 Å². The lowest BCUT2D eigenvalue weighted by molar-refractivity contribution is -0.144. The minimum Gasteiger partial charge on any atom is -0.399 e.